The van der Waals surface area contributed by atoms with Crippen LogP contribution >= 0.6 is 11.8 Å². The molecule has 9 atom stereocenters. The summed E-state index contributed by atoms with van der Waals surface area (Å²) in [6.45, 7) is 6.31. The molecule has 9 unspecified atom stereocenters. The lowest BCUT2D eigenvalue weighted by molar-refractivity contribution is -0.00804. The predicted molar refractivity (Wildman–Crippen MR) is 158 cm³/mol. The minimum atomic E-state index is -0.492. The summed E-state index contributed by atoms with van der Waals surface area (Å²) < 4.78 is 12.0. The van der Waals surface area contributed by atoms with Crippen molar-refractivity contribution in [3.63, 3.8) is 0 Å². The van der Waals surface area contributed by atoms with E-state index in [-0.39, 0.29) is 53.3 Å². The molecular formula is C30H43N5O4S. The van der Waals surface area contributed by atoms with Gasteiger partial charge < -0.3 is 19.5 Å². The molecule has 4 aliphatic heterocycles. The highest BCUT2D eigenvalue weighted by molar-refractivity contribution is 8.14. The summed E-state index contributed by atoms with van der Waals surface area (Å²) in [5, 5.41) is 17.6. The SMILES string of the molecule is COC1C=CC2N=C(NC(=O)N3CC4(CCN(C(C)O)C4)C4CC(OC(C)CC5=CC=CCC5)C=CC43)SC2N1. The number of allylic oxidation sites excluding steroid dienone is 3. The van der Waals surface area contributed by atoms with Crippen LogP contribution < -0.4 is 10.6 Å². The Balaban J connectivity index is 1.15. The number of rotatable bonds is 6. The number of amides is 2. The van der Waals surface area contributed by atoms with Crippen molar-refractivity contribution in [2.45, 2.75) is 88.1 Å². The molecular weight excluding hydrogens is 526 g/mol. The third-order valence-corrected chi connectivity index (χ3v) is 10.5. The van der Waals surface area contributed by atoms with E-state index >= 15 is 0 Å². The van der Waals surface area contributed by atoms with Crippen molar-refractivity contribution in [1.82, 2.24) is 20.4 Å². The van der Waals surface area contributed by atoms with Crippen molar-refractivity contribution >= 4 is 23.0 Å². The Kier molecular flexibility index (Phi) is 8.27. The number of aliphatic hydroxyl groups is 1. The first-order valence-corrected chi connectivity index (χ1v) is 15.6. The first-order valence-electron chi connectivity index (χ1n) is 14.7. The van der Waals surface area contributed by atoms with Crippen LogP contribution in [0, 0.1) is 11.3 Å². The molecule has 6 aliphatic rings. The highest BCUT2D eigenvalue weighted by atomic mass is 32.2. The van der Waals surface area contributed by atoms with Crippen LogP contribution in [-0.2, 0) is 9.47 Å². The van der Waals surface area contributed by atoms with Crippen LogP contribution in [0.5, 0.6) is 0 Å². The standard InChI is InChI=1S/C30H43N5O4S/c1-19(15-21-7-5-4-6-8-21)39-22-9-11-25-23(16-22)30(13-14-34(17-30)20(2)36)18-35(25)29(37)33-28-31-24-10-12-26(38-3)32-27(24)40-28/h4-5,7,9-12,19-20,22-27,32,36H,6,8,13-18H2,1-3H3,(H,31,33,37). The van der Waals surface area contributed by atoms with Crippen LogP contribution in [0.3, 0.4) is 0 Å². The van der Waals surface area contributed by atoms with Gasteiger partial charge in [0, 0.05) is 32.2 Å². The third kappa shape index (κ3) is 5.71. The van der Waals surface area contributed by atoms with E-state index in [9.17, 15) is 9.90 Å². The van der Waals surface area contributed by atoms with Crippen LogP contribution in [0.1, 0.15) is 46.0 Å². The maximum absolute atomic E-state index is 13.7. The molecule has 0 saturated carbocycles. The molecule has 2 amide bonds. The average molecular weight is 570 g/mol. The summed E-state index contributed by atoms with van der Waals surface area (Å²) in [6, 6.07) is -0.122. The Bertz CT molecular complexity index is 1120. The van der Waals surface area contributed by atoms with Crippen molar-refractivity contribution < 1.29 is 19.4 Å². The Hall–Kier alpha value is -1.95. The van der Waals surface area contributed by atoms with Gasteiger partial charge in [0.2, 0.25) is 0 Å². The smallest absolute Gasteiger partial charge is 0.323 e. The van der Waals surface area contributed by atoms with Crippen molar-refractivity contribution in [2.75, 3.05) is 26.7 Å². The molecule has 2 aliphatic carbocycles. The molecule has 0 aromatic heterocycles. The zero-order valence-corrected chi connectivity index (χ0v) is 24.6. The van der Waals surface area contributed by atoms with E-state index in [0.717, 1.165) is 45.2 Å². The Morgan fingerprint density at radius 3 is 2.92 bits per heavy atom. The van der Waals surface area contributed by atoms with Gasteiger partial charge in [-0.2, -0.15) is 0 Å². The number of aliphatic hydroxyl groups excluding tert-OH is 1. The maximum Gasteiger partial charge on any atom is 0.323 e. The molecule has 4 heterocycles. The summed E-state index contributed by atoms with van der Waals surface area (Å²) >= 11 is 1.54. The number of urea groups is 1. The number of carbonyl (C=O) groups excluding carboxylic acids is 1. The zero-order chi connectivity index (χ0) is 27.9. The van der Waals surface area contributed by atoms with E-state index in [0.29, 0.717) is 11.7 Å². The van der Waals surface area contributed by atoms with E-state index in [1.807, 2.05) is 24.0 Å². The molecule has 40 heavy (non-hydrogen) atoms. The van der Waals surface area contributed by atoms with Gasteiger partial charge in [0.1, 0.15) is 12.5 Å². The number of fused-ring (bicyclic) bond motifs is 3. The Morgan fingerprint density at radius 1 is 1.30 bits per heavy atom. The maximum atomic E-state index is 13.7. The Labute approximate surface area is 241 Å². The molecule has 10 heteroatoms. The van der Waals surface area contributed by atoms with Crippen LogP contribution in [0.4, 0.5) is 4.79 Å². The van der Waals surface area contributed by atoms with Crippen LogP contribution in [0.25, 0.3) is 0 Å². The second-order valence-electron chi connectivity index (χ2n) is 12.1. The van der Waals surface area contributed by atoms with E-state index in [1.54, 1.807) is 18.9 Å². The number of aliphatic imine (C=N–C) groups is 1. The van der Waals surface area contributed by atoms with Gasteiger partial charge in [-0.3, -0.25) is 20.5 Å². The van der Waals surface area contributed by atoms with Gasteiger partial charge in [-0.1, -0.05) is 53.8 Å². The van der Waals surface area contributed by atoms with Crippen LogP contribution in [-0.4, -0.2) is 95.0 Å². The van der Waals surface area contributed by atoms with Crippen molar-refractivity contribution in [2.24, 2.45) is 16.3 Å². The highest BCUT2D eigenvalue weighted by Crippen LogP contribution is 2.51. The van der Waals surface area contributed by atoms with Crippen LogP contribution in [0.2, 0.25) is 0 Å². The molecule has 6 rings (SSSR count). The first kappa shape index (κ1) is 28.2. The molecule has 218 valence electrons. The molecule has 2 saturated heterocycles. The number of hydrogen-bond acceptors (Lipinski definition) is 8. The molecule has 3 N–H and O–H groups in total. The third-order valence-electron chi connectivity index (χ3n) is 9.41. The fourth-order valence-corrected chi connectivity index (χ4v) is 8.43. The molecule has 9 nitrogen and oxygen atoms in total. The van der Waals surface area contributed by atoms with Gasteiger partial charge in [-0.25, -0.2) is 4.79 Å². The lowest BCUT2D eigenvalue weighted by Crippen LogP contribution is -2.46. The lowest BCUT2D eigenvalue weighted by atomic mass is 9.70. The summed E-state index contributed by atoms with van der Waals surface area (Å²) in [5.41, 5.74) is 1.38. The van der Waals surface area contributed by atoms with Gasteiger partial charge >= 0.3 is 6.03 Å². The molecule has 2 fully saturated rings. The average Bonchev–Trinajstić information content (AvgIpc) is 3.64. The van der Waals surface area contributed by atoms with Gasteiger partial charge in [0.25, 0.3) is 0 Å². The minimum Gasteiger partial charge on any atom is -0.379 e. The van der Waals surface area contributed by atoms with E-state index in [4.69, 9.17) is 14.5 Å². The van der Waals surface area contributed by atoms with E-state index in [2.05, 4.69) is 52.8 Å². The summed E-state index contributed by atoms with van der Waals surface area (Å²) in [4.78, 5) is 22.6. The number of nitrogens with one attached hydrogen (secondary N) is 2. The minimum absolute atomic E-state index is 0.000434. The molecule has 0 radical (unpaired) electrons. The topological polar surface area (TPSA) is 98.7 Å². The molecule has 1 spiro atoms. The van der Waals surface area contributed by atoms with Gasteiger partial charge in [-0.05, 0) is 57.9 Å². The van der Waals surface area contributed by atoms with Crippen LogP contribution in [0.15, 0.2) is 53.1 Å². The van der Waals surface area contributed by atoms with E-state index < -0.39 is 6.23 Å². The second-order valence-corrected chi connectivity index (χ2v) is 13.3. The largest absolute Gasteiger partial charge is 0.379 e. The molecule has 0 aromatic rings. The number of amidine groups is 1. The number of hydrogen-bond donors (Lipinski definition) is 3. The summed E-state index contributed by atoms with van der Waals surface area (Å²) in [6.07, 6.45) is 19.5. The van der Waals surface area contributed by atoms with Crippen molar-refractivity contribution in [3.05, 3.63) is 48.1 Å². The number of likely N-dealkylation sites (tertiary alicyclic amines) is 2. The van der Waals surface area contributed by atoms with Crippen molar-refractivity contribution in [3.8, 4) is 0 Å². The number of thioether (sulfide) groups is 1. The summed E-state index contributed by atoms with van der Waals surface area (Å²) in [7, 11) is 1.67. The lowest BCUT2D eigenvalue weighted by Gasteiger charge is -2.37. The summed E-state index contributed by atoms with van der Waals surface area (Å²) in [5.74, 6) is 0.272. The number of ether oxygens (including phenoxy) is 2. The molecule has 0 bridgehead atoms. The quantitative estimate of drug-likeness (QED) is 0.422. The second kappa shape index (κ2) is 11.7. The zero-order valence-electron chi connectivity index (χ0n) is 23.7. The monoisotopic (exact) mass is 569 g/mol. The number of carbonyl (C=O) groups is 1. The molecule has 0 aromatic carbocycles. The first-order chi connectivity index (χ1) is 19.3. The Morgan fingerprint density at radius 2 is 2.17 bits per heavy atom. The predicted octanol–water partition coefficient (Wildman–Crippen LogP) is 3.36. The van der Waals surface area contributed by atoms with Gasteiger partial charge in [-0.15, -0.1) is 0 Å². The number of methoxy groups -OCH3 is 1. The normalized spacial score (nSPS) is 38.2. The van der Waals surface area contributed by atoms with Gasteiger partial charge in [0.15, 0.2) is 5.17 Å². The van der Waals surface area contributed by atoms with Gasteiger partial charge in [0.05, 0.1) is 29.7 Å². The highest BCUT2D eigenvalue weighted by Gasteiger charge is 2.57. The fourth-order valence-electron chi connectivity index (χ4n) is 7.37. The number of nitrogens with zero attached hydrogens (tertiary/aromatic N) is 3. The van der Waals surface area contributed by atoms with E-state index in [1.165, 1.54) is 5.57 Å². The van der Waals surface area contributed by atoms with Crippen molar-refractivity contribution in [1.29, 1.82) is 0 Å². The fraction of sp³-hybridized carbons (Fsp3) is 0.667.